The molecule has 0 aromatic carbocycles. The van der Waals surface area contributed by atoms with Crippen LogP contribution in [0.15, 0.2) is 0 Å². The summed E-state index contributed by atoms with van der Waals surface area (Å²) in [5.74, 6) is 0.0990. The van der Waals surface area contributed by atoms with E-state index in [1.807, 2.05) is 0 Å². The zero-order valence-corrected chi connectivity index (χ0v) is 12.2. The highest BCUT2D eigenvalue weighted by Crippen LogP contribution is 2.18. The number of amides is 1. The lowest BCUT2D eigenvalue weighted by Gasteiger charge is -2.21. The Kier molecular flexibility index (Phi) is 6.09. The predicted octanol–water partition coefficient (Wildman–Crippen LogP) is 1.55. The van der Waals surface area contributed by atoms with Gasteiger partial charge < -0.3 is 15.4 Å². The van der Waals surface area contributed by atoms with Crippen LogP contribution >= 0.6 is 0 Å². The van der Waals surface area contributed by atoms with Crippen molar-refractivity contribution in [3.05, 3.63) is 0 Å². The van der Waals surface area contributed by atoms with Gasteiger partial charge in [0.05, 0.1) is 19.1 Å². The monoisotopic (exact) mass is 256 g/mol. The molecule has 1 aliphatic rings. The van der Waals surface area contributed by atoms with Crippen molar-refractivity contribution in [2.24, 2.45) is 11.3 Å². The largest absolute Gasteiger partial charge is 0.379 e. The third kappa shape index (κ3) is 5.36. The maximum Gasteiger partial charge on any atom is 0.227 e. The molecule has 0 radical (unpaired) electrons. The first-order valence-electron chi connectivity index (χ1n) is 7.03. The highest BCUT2D eigenvalue weighted by atomic mass is 16.5. The van der Waals surface area contributed by atoms with Crippen molar-refractivity contribution < 1.29 is 9.53 Å². The summed E-state index contributed by atoms with van der Waals surface area (Å²) in [6.07, 6.45) is 2.08. The lowest BCUT2D eigenvalue weighted by atomic mass is 9.92. The fourth-order valence-electron chi connectivity index (χ4n) is 2.04. The SMILES string of the molecule is CCCNC1COCC1C(=O)NCCC(C)(C)C. The molecule has 1 amide bonds. The maximum absolute atomic E-state index is 12.1. The zero-order valence-electron chi connectivity index (χ0n) is 12.2. The number of rotatable bonds is 6. The van der Waals surface area contributed by atoms with E-state index in [-0.39, 0.29) is 23.3 Å². The van der Waals surface area contributed by atoms with Gasteiger partial charge in [0.15, 0.2) is 0 Å². The minimum atomic E-state index is -0.0310. The molecule has 1 saturated heterocycles. The number of ether oxygens (including phenoxy) is 1. The second-order valence-electron chi connectivity index (χ2n) is 6.31. The average Bonchev–Trinajstić information content (AvgIpc) is 2.72. The predicted molar refractivity (Wildman–Crippen MR) is 73.5 cm³/mol. The third-order valence-electron chi connectivity index (χ3n) is 3.25. The van der Waals surface area contributed by atoms with Crippen LogP contribution in [-0.2, 0) is 9.53 Å². The maximum atomic E-state index is 12.1. The van der Waals surface area contributed by atoms with Crippen LogP contribution in [0.2, 0.25) is 0 Å². The van der Waals surface area contributed by atoms with Crippen molar-refractivity contribution in [2.45, 2.75) is 46.6 Å². The lowest BCUT2D eigenvalue weighted by Crippen LogP contribution is -2.44. The molecule has 2 unspecified atom stereocenters. The first-order valence-corrected chi connectivity index (χ1v) is 7.03. The van der Waals surface area contributed by atoms with Gasteiger partial charge in [-0.15, -0.1) is 0 Å². The zero-order chi connectivity index (χ0) is 13.6. The fraction of sp³-hybridized carbons (Fsp3) is 0.929. The van der Waals surface area contributed by atoms with Crippen LogP contribution < -0.4 is 10.6 Å². The van der Waals surface area contributed by atoms with Gasteiger partial charge in [0.2, 0.25) is 5.91 Å². The summed E-state index contributed by atoms with van der Waals surface area (Å²) in [7, 11) is 0. The Morgan fingerprint density at radius 2 is 2.00 bits per heavy atom. The molecule has 0 bridgehead atoms. The normalized spacial score (nSPS) is 24.2. The number of carbonyl (C=O) groups is 1. The highest BCUT2D eigenvalue weighted by Gasteiger charge is 2.33. The molecule has 1 rings (SSSR count). The summed E-state index contributed by atoms with van der Waals surface area (Å²) in [4.78, 5) is 12.1. The second-order valence-corrected chi connectivity index (χ2v) is 6.31. The summed E-state index contributed by atoms with van der Waals surface area (Å²) in [6.45, 7) is 11.6. The number of hydrogen-bond acceptors (Lipinski definition) is 3. The van der Waals surface area contributed by atoms with Gasteiger partial charge in [0.25, 0.3) is 0 Å². The van der Waals surface area contributed by atoms with E-state index in [2.05, 4.69) is 38.3 Å². The molecule has 0 aromatic heterocycles. The molecule has 106 valence electrons. The highest BCUT2D eigenvalue weighted by molar-refractivity contribution is 5.79. The molecule has 1 fully saturated rings. The Labute approximate surface area is 111 Å². The van der Waals surface area contributed by atoms with E-state index in [1.165, 1.54) is 0 Å². The molecule has 4 nitrogen and oxygen atoms in total. The van der Waals surface area contributed by atoms with Gasteiger partial charge in [-0.3, -0.25) is 4.79 Å². The standard InChI is InChI=1S/C14H28N2O2/c1-5-7-15-12-10-18-9-11(12)13(17)16-8-6-14(2,3)4/h11-12,15H,5-10H2,1-4H3,(H,16,17). The van der Waals surface area contributed by atoms with Gasteiger partial charge in [-0.25, -0.2) is 0 Å². The summed E-state index contributed by atoms with van der Waals surface area (Å²) >= 11 is 0. The van der Waals surface area contributed by atoms with Gasteiger partial charge in [-0.05, 0) is 24.8 Å². The first kappa shape index (κ1) is 15.4. The average molecular weight is 256 g/mol. The molecule has 4 heteroatoms. The van der Waals surface area contributed by atoms with Gasteiger partial charge >= 0.3 is 0 Å². The van der Waals surface area contributed by atoms with Crippen LogP contribution in [0.25, 0.3) is 0 Å². The summed E-state index contributed by atoms with van der Waals surface area (Å²) in [6, 6.07) is 0.180. The van der Waals surface area contributed by atoms with E-state index in [0.717, 1.165) is 25.9 Å². The van der Waals surface area contributed by atoms with E-state index < -0.39 is 0 Å². The lowest BCUT2D eigenvalue weighted by molar-refractivity contribution is -0.125. The summed E-state index contributed by atoms with van der Waals surface area (Å²) < 4.78 is 5.41. The van der Waals surface area contributed by atoms with Crippen molar-refractivity contribution in [3.63, 3.8) is 0 Å². The molecule has 1 aliphatic heterocycles. The molecule has 1 heterocycles. The van der Waals surface area contributed by atoms with Crippen LogP contribution in [0.5, 0.6) is 0 Å². The number of nitrogens with one attached hydrogen (secondary N) is 2. The molecule has 0 spiro atoms. The second kappa shape index (κ2) is 7.10. The van der Waals surface area contributed by atoms with Crippen LogP contribution in [0.1, 0.15) is 40.5 Å². The van der Waals surface area contributed by atoms with Crippen LogP contribution in [-0.4, -0.2) is 38.3 Å². The van der Waals surface area contributed by atoms with Gasteiger partial charge in [-0.1, -0.05) is 27.7 Å². The third-order valence-corrected chi connectivity index (χ3v) is 3.25. The van der Waals surface area contributed by atoms with Gasteiger partial charge in [0.1, 0.15) is 0 Å². The molecule has 0 aromatic rings. The summed E-state index contributed by atoms with van der Waals surface area (Å²) in [5, 5.41) is 6.41. The van der Waals surface area contributed by atoms with Crippen LogP contribution in [0.3, 0.4) is 0 Å². The van der Waals surface area contributed by atoms with Gasteiger partial charge in [-0.2, -0.15) is 0 Å². The Morgan fingerprint density at radius 1 is 1.28 bits per heavy atom. The van der Waals surface area contributed by atoms with E-state index in [0.29, 0.717) is 13.2 Å². The van der Waals surface area contributed by atoms with Crippen molar-refractivity contribution in [3.8, 4) is 0 Å². The Hall–Kier alpha value is -0.610. The van der Waals surface area contributed by atoms with E-state index in [1.54, 1.807) is 0 Å². The quantitative estimate of drug-likeness (QED) is 0.758. The Bertz CT molecular complexity index is 261. The van der Waals surface area contributed by atoms with Crippen molar-refractivity contribution in [1.82, 2.24) is 10.6 Å². The Morgan fingerprint density at radius 3 is 2.61 bits per heavy atom. The molecule has 0 saturated carbocycles. The van der Waals surface area contributed by atoms with Gasteiger partial charge in [0, 0.05) is 12.6 Å². The van der Waals surface area contributed by atoms with Crippen molar-refractivity contribution in [2.75, 3.05) is 26.3 Å². The smallest absolute Gasteiger partial charge is 0.227 e. The minimum Gasteiger partial charge on any atom is -0.379 e. The molecule has 18 heavy (non-hydrogen) atoms. The topological polar surface area (TPSA) is 50.4 Å². The van der Waals surface area contributed by atoms with E-state index in [4.69, 9.17) is 4.74 Å². The number of hydrogen-bond donors (Lipinski definition) is 2. The van der Waals surface area contributed by atoms with Crippen LogP contribution in [0.4, 0.5) is 0 Å². The molecular weight excluding hydrogens is 228 g/mol. The molecular formula is C14H28N2O2. The molecule has 2 atom stereocenters. The minimum absolute atomic E-state index is 0.0310. The first-order chi connectivity index (χ1) is 8.44. The fourth-order valence-corrected chi connectivity index (χ4v) is 2.04. The summed E-state index contributed by atoms with van der Waals surface area (Å²) in [5.41, 5.74) is 0.263. The van der Waals surface area contributed by atoms with E-state index in [9.17, 15) is 4.79 Å². The molecule has 0 aliphatic carbocycles. The Balaban J connectivity index is 2.31. The van der Waals surface area contributed by atoms with E-state index >= 15 is 0 Å². The van der Waals surface area contributed by atoms with Crippen molar-refractivity contribution >= 4 is 5.91 Å². The molecule has 2 N–H and O–H groups in total. The van der Waals surface area contributed by atoms with Crippen LogP contribution in [0, 0.1) is 11.3 Å². The van der Waals surface area contributed by atoms with Crippen molar-refractivity contribution in [1.29, 1.82) is 0 Å². The number of carbonyl (C=O) groups excluding carboxylic acids is 1.